The van der Waals surface area contributed by atoms with Crippen LogP contribution in [0.1, 0.15) is 18.4 Å². The number of aromatic amines is 1. The molecule has 1 fully saturated rings. The van der Waals surface area contributed by atoms with Gasteiger partial charge in [0.15, 0.2) is 0 Å². The second kappa shape index (κ2) is 10.7. The van der Waals surface area contributed by atoms with Crippen molar-refractivity contribution in [3.05, 3.63) is 114 Å². The van der Waals surface area contributed by atoms with E-state index in [-0.39, 0.29) is 11.8 Å². The van der Waals surface area contributed by atoms with Crippen LogP contribution < -0.4 is 5.32 Å². The quantitative estimate of drug-likeness (QED) is 0.219. The minimum absolute atomic E-state index is 0.00153. The number of hydrogen-bond acceptors (Lipinski definition) is 3. The number of amides is 2. The summed E-state index contributed by atoms with van der Waals surface area (Å²) in [5.74, 6) is -0.130. The molecule has 2 N–H and O–H groups in total. The molecule has 1 saturated heterocycles. The number of aromatic nitrogens is 1. The molecule has 0 radical (unpaired) electrons. The van der Waals surface area contributed by atoms with Gasteiger partial charge in [0.2, 0.25) is 11.8 Å². The number of carbonyl (C=O) groups is 2. The number of likely N-dealkylation sites (tertiary alicyclic amines) is 1. The van der Waals surface area contributed by atoms with Crippen LogP contribution in [-0.4, -0.2) is 34.3 Å². The molecular weight excluding hydrogens is 526 g/mol. The van der Waals surface area contributed by atoms with Crippen LogP contribution in [-0.2, 0) is 16.0 Å². The highest BCUT2D eigenvalue weighted by atomic mass is 32.1. The highest BCUT2D eigenvalue weighted by molar-refractivity contribution is 7.17. The molecule has 0 unspecified atom stereocenters. The average molecular weight is 556 g/mol. The topological polar surface area (TPSA) is 65.2 Å². The molecular formula is C35H29N3O2S. The van der Waals surface area contributed by atoms with Crippen molar-refractivity contribution in [2.45, 2.75) is 25.3 Å². The SMILES string of the molecule is O=C(Nc1ccc(-c2cc3cc(-c4csc5ccccc45)ccc3[nH]2)cc1)[C@@H]1CCCN1C(=O)Cc1ccccc1. The summed E-state index contributed by atoms with van der Waals surface area (Å²) in [5, 5.41) is 7.71. The summed E-state index contributed by atoms with van der Waals surface area (Å²) >= 11 is 1.77. The summed E-state index contributed by atoms with van der Waals surface area (Å²) in [6, 6.07) is 34.4. The molecule has 1 aliphatic heterocycles. The Morgan fingerprint density at radius 2 is 1.66 bits per heavy atom. The Morgan fingerprint density at radius 3 is 2.51 bits per heavy atom. The van der Waals surface area contributed by atoms with Crippen LogP contribution in [0.25, 0.3) is 43.4 Å². The van der Waals surface area contributed by atoms with Crippen molar-refractivity contribution in [1.82, 2.24) is 9.88 Å². The van der Waals surface area contributed by atoms with Gasteiger partial charge in [-0.3, -0.25) is 9.59 Å². The standard InChI is InChI=1S/C35H29N3O2S/c39-34(19-23-7-2-1-3-8-23)38-18-6-10-32(38)35(40)36-27-15-12-24(13-16-27)31-21-26-20-25(14-17-30(26)37-31)29-22-41-33-11-5-4-9-28(29)33/h1-5,7-9,11-17,20-22,32,37H,6,10,18-19H2,(H,36,40)/t32-/m0/s1. The highest BCUT2D eigenvalue weighted by Gasteiger charge is 2.33. The smallest absolute Gasteiger partial charge is 0.247 e. The molecule has 2 amide bonds. The Bertz CT molecular complexity index is 1870. The minimum atomic E-state index is -0.436. The summed E-state index contributed by atoms with van der Waals surface area (Å²) in [4.78, 5) is 31.4. The van der Waals surface area contributed by atoms with Gasteiger partial charge in [-0.15, -0.1) is 11.3 Å². The zero-order valence-electron chi connectivity index (χ0n) is 22.5. The average Bonchev–Trinajstić information content (AvgIpc) is 3.76. The maximum Gasteiger partial charge on any atom is 0.247 e. The van der Waals surface area contributed by atoms with Gasteiger partial charge < -0.3 is 15.2 Å². The van der Waals surface area contributed by atoms with E-state index in [4.69, 9.17) is 0 Å². The summed E-state index contributed by atoms with van der Waals surface area (Å²) in [6.45, 7) is 0.618. The molecule has 1 aliphatic rings. The van der Waals surface area contributed by atoms with E-state index in [9.17, 15) is 9.59 Å². The van der Waals surface area contributed by atoms with E-state index in [2.05, 4.69) is 64.2 Å². The Kier molecular flexibility index (Phi) is 6.61. The molecule has 0 spiro atoms. The van der Waals surface area contributed by atoms with Gasteiger partial charge in [-0.2, -0.15) is 0 Å². The lowest BCUT2D eigenvalue weighted by atomic mass is 10.0. The van der Waals surface area contributed by atoms with Gasteiger partial charge in [0.05, 0.1) is 6.42 Å². The number of thiophene rings is 1. The van der Waals surface area contributed by atoms with Crippen LogP contribution in [0, 0.1) is 0 Å². The highest BCUT2D eigenvalue weighted by Crippen LogP contribution is 2.36. The van der Waals surface area contributed by atoms with Gasteiger partial charge in [-0.25, -0.2) is 0 Å². The first kappa shape index (κ1) is 25.3. The van der Waals surface area contributed by atoms with Crippen molar-refractivity contribution in [2.24, 2.45) is 0 Å². The number of nitrogens with zero attached hydrogens (tertiary/aromatic N) is 1. The van der Waals surface area contributed by atoms with Gasteiger partial charge in [0, 0.05) is 44.5 Å². The molecule has 1 atom stereocenters. The van der Waals surface area contributed by atoms with E-state index in [1.54, 1.807) is 16.2 Å². The van der Waals surface area contributed by atoms with Crippen molar-refractivity contribution in [1.29, 1.82) is 0 Å². The maximum atomic E-state index is 13.2. The van der Waals surface area contributed by atoms with E-state index in [0.717, 1.165) is 39.8 Å². The zero-order chi connectivity index (χ0) is 27.8. The number of rotatable bonds is 6. The van der Waals surface area contributed by atoms with Gasteiger partial charge in [0.25, 0.3) is 0 Å². The Hall–Kier alpha value is -4.68. The maximum absolute atomic E-state index is 13.2. The minimum Gasteiger partial charge on any atom is -0.355 e. The molecule has 2 aromatic heterocycles. The van der Waals surface area contributed by atoms with Crippen LogP contribution in [0.2, 0.25) is 0 Å². The second-order valence-electron chi connectivity index (χ2n) is 10.6. The van der Waals surface area contributed by atoms with Crippen LogP contribution >= 0.6 is 11.3 Å². The van der Waals surface area contributed by atoms with E-state index in [1.807, 2.05) is 54.6 Å². The predicted molar refractivity (Wildman–Crippen MR) is 168 cm³/mol. The molecule has 0 bridgehead atoms. The third-order valence-electron chi connectivity index (χ3n) is 7.95. The van der Waals surface area contributed by atoms with Crippen LogP contribution in [0.15, 0.2) is 109 Å². The van der Waals surface area contributed by atoms with Gasteiger partial charge >= 0.3 is 0 Å². The van der Waals surface area contributed by atoms with Gasteiger partial charge in [0.1, 0.15) is 6.04 Å². The van der Waals surface area contributed by atoms with Crippen molar-refractivity contribution < 1.29 is 9.59 Å². The molecule has 6 aromatic rings. The molecule has 4 aromatic carbocycles. The number of benzene rings is 4. The fraction of sp³-hybridized carbons (Fsp3) is 0.143. The third kappa shape index (κ3) is 5.03. The first-order valence-corrected chi connectivity index (χ1v) is 14.8. The van der Waals surface area contributed by atoms with Gasteiger partial charge in [-0.05, 0) is 71.3 Å². The van der Waals surface area contributed by atoms with Crippen molar-refractivity contribution in [3.8, 4) is 22.4 Å². The number of hydrogen-bond donors (Lipinski definition) is 2. The van der Waals surface area contributed by atoms with Crippen molar-refractivity contribution >= 4 is 49.8 Å². The lowest BCUT2D eigenvalue weighted by Crippen LogP contribution is -2.43. The van der Waals surface area contributed by atoms with Gasteiger partial charge in [-0.1, -0.05) is 66.7 Å². The monoisotopic (exact) mass is 555 g/mol. The van der Waals surface area contributed by atoms with Crippen LogP contribution in [0.3, 0.4) is 0 Å². The molecule has 6 heteroatoms. The summed E-state index contributed by atoms with van der Waals surface area (Å²) in [5.41, 5.74) is 7.32. The molecule has 41 heavy (non-hydrogen) atoms. The first-order valence-electron chi connectivity index (χ1n) is 14.0. The molecule has 0 saturated carbocycles. The molecule has 7 rings (SSSR count). The number of nitrogens with one attached hydrogen (secondary N) is 2. The van der Waals surface area contributed by atoms with Crippen molar-refractivity contribution in [3.63, 3.8) is 0 Å². The zero-order valence-corrected chi connectivity index (χ0v) is 23.3. The fourth-order valence-electron chi connectivity index (χ4n) is 5.83. The molecule has 202 valence electrons. The lowest BCUT2D eigenvalue weighted by Gasteiger charge is -2.24. The van der Waals surface area contributed by atoms with E-state index < -0.39 is 6.04 Å². The van der Waals surface area contributed by atoms with Crippen molar-refractivity contribution in [2.75, 3.05) is 11.9 Å². The summed E-state index contributed by atoms with van der Waals surface area (Å²) in [7, 11) is 0. The Labute approximate surface area is 242 Å². The summed E-state index contributed by atoms with van der Waals surface area (Å²) in [6.07, 6.45) is 1.83. The summed E-state index contributed by atoms with van der Waals surface area (Å²) < 4.78 is 1.30. The van der Waals surface area contributed by atoms with E-state index >= 15 is 0 Å². The molecule has 3 heterocycles. The Balaban J connectivity index is 1.05. The lowest BCUT2D eigenvalue weighted by molar-refractivity contribution is -0.136. The molecule has 0 aliphatic carbocycles. The number of fused-ring (bicyclic) bond motifs is 2. The first-order chi connectivity index (χ1) is 20.1. The van der Waals surface area contributed by atoms with Crippen LogP contribution in [0.4, 0.5) is 5.69 Å². The number of anilines is 1. The number of carbonyl (C=O) groups excluding carboxylic acids is 2. The van der Waals surface area contributed by atoms with E-state index in [0.29, 0.717) is 19.4 Å². The largest absolute Gasteiger partial charge is 0.355 e. The normalized spacial score (nSPS) is 15.0. The second-order valence-corrected chi connectivity index (χ2v) is 11.5. The predicted octanol–water partition coefficient (Wildman–Crippen LogP) is 7.89. The molecule has 5 nitrogen and oxygen atoms in total. The Morgan fingerprint density at radius 1 is 0.878 bits per heavy atom. The van der Waals surface area contributed by atoms with Crippen LogP contribution in [0.5, 0.6) is 0 Å². The van der Waals surface area contributed by atoms with E-state index in [1.165, 1.54) is 21.2 Å². The fourth-order valence-corrected chi connectivity index (χ4v) is 6.80. The number of H-pyrrole nitrogens is 1. The third-order valence-corrected chi connectivity index (χ3v) is 8.91.